The van der Waals surface area contributed by atoms with Gasteiger partial charge in [0.25, 0.3) is 0 Å². The van der Waals surface area contributed by atoms with Gasteiger partial charge in [-0.2, -0.15) is 0 Å². The Bertz CT molecular complexity index is 713. The van der Waals surface area contributed by atoms with E-state index in [-0.39, 0.29) is 5.75 Å². The molecule has 6 nitrogen and oxygen atoms in total. The predicted molar refractivity (Wildman–Crippen MR) is 102 cm³/mol. The number of aryl methyl sites for hydroxylation is 1. The van der Waals surface area contributed by atoms with E-state index in [4.69, 9.17) is 4.74 Å². The molecule has 0 spiro atoms. The second kappa shape index (κ2) is 9.46. The lowest BCUT2D eigenvalue weighted by molar-refractivity contribution is 0.412. The van der Waals surface area contributed by atoms with Crippen LogP contribution in [-0.2, 0) is 13.0 Å². The van der Waals surface area contributed by atoms with E-state index >= 15 is 0 Å². The molecule has 0 saturated carbocycles. The van der Waals surface area contributed by atoms with Crippen LogP contribution < -0.4 is 4.74 Å². The number of aromatic hydroxyl groups is 1. The number of methoxy groups -OCH3 is 1. The molecule has 0 unspecified atom stereocenters. The maximum Gasteiger partial charge on any atom is 0.190 e. The van der Waals surface area contributed by atoms with Crippen LogP contribution in [0.2, 0.25) is 0 Å². The summed E-state index contributed by atoms with van der Waals surface area (Å²) < 4.78 is 7.36. The van der Waals surface area contributed by atoms with Crippen molar-refractivity contribution in [1.29, 1.82) is 0 Å². The topological polar surface area (TPSA) is 72.5 Å². The summed E-state index contributed by atoms with van der Waals surface area (Å²) in [5.41, 5.74) is 0.659. The van der Waals surface area contributed by atoms with Gasteiger partial charge in [-0.05, 0) is 36.8 Å². The van der Waals surface area contributed by atoms with Crippen molar-refractivity contribution in [2.75, 3.05) is 19.9 Å². The minimum atomic E-state index is 0.200. The van der Waals surface area contributed by atoms with Gasteiger partial charge in [0, 0.05) is 31.3 Å². The van der Waals surface area contributed by atoms with E-state index in [2.05, 4.69) is 33.6 Å². The zero-order chi connectivity index (χ0) is 18.2. The molecule has 1 aromatic heterocycles. The molecule has 1 heterocycles. The zero-order valence-electron chi connectivity index (χ0n) is 15.3. The smallest absolute Gasteiger partial charge is 0.190 e. The van der Waals surface area contributed by atoms with Gasteiger partial charge in [-0.15, -0.1) is 10.2 Å². The molecule has 0 aliphatic rings. The van der Waals surface area contributed by atoms with Gasteiger partial charge in [0.2, 0.25) is 0 Å². The monoisotopic (exact) mass is 362 g/mol. The van der Waals surface area contributed by atoms with Crippen LogP contribution >= 0.6 is 11.8 Å². The Hall–Kier alpha value is -2.02. The molecule has 0 aliphatic heterocycles. The Kier molecular flexibility index (Phi) is 7.31. The van der Waals surface area contributed by atoms with Crippen molar-refractivity contribution < 1.29 is 9.84 Å². The standard InChI is InChI=1S/C18H26N4O2S/c1-13(2)12-22-17(20-21-18(22)25-4)6-5-9-19-11-14-10-15(24-3)7-8-16(14)23/h7-8,10-11,13,23H,5-6,9,12H2,1-4H3. The van der Waals surface area contributed by atoms with Crippen LogP contribution in [-0.4, -0.2) is 46.0 Å². The molecule has 0 fully saturated rings. The van der Waals surface area contributed by atoms with E-state index in [9.17, 15) is 5.11 Å². The van der Waals surface area contributed by atoms with Crippen molar-refractivity contribution in [2.45, 2.75) is 38.4 Å². The Morgan fingerprint density at radius 2 is 2.16 bits per heavy atom. The van der Waals surface area contributed by atoms with Crippen LogP contribution in [0.1, 0.15) is 31.7 Å². The maximum absolute atomic E-state index is 9.84. The molecule has 0 saturated heterocycles. The van der Waals surface area contributed by atoms with E-state index in [1.807, 2.05) is 6.26 Å². The van der Waals surface area contributed by atoms with Crippen LogP contribution in [0, 0.1) is 5.92 Å². The number of aliphatic imine (C=N–C) groups is 1. The summed E-state index contributed by atoms with van der Waals surface area (Å²) in [4.78, 5) is 4.41. The summed E-state index contributed by atoms with van der Waals surface area (Å²) in [6, 6.07) is 5.10. The lowest BCUT2D eigenvalue weighted by Crippen LogP contribution is -2.10. The molecule has 0 aliphatic carbocycles. The number of thioether (sulfide) groups is 1. The van der Waals surface area contributed by atoms with E-state index in [1.165, 1.54) is 0 Å². The van der Waals surface area contributed by atoms with Crippen molar-refractivity contribution in [1.82, 2.24) is 14.8 Å². The molecule has 2 rings (SSSR count). The number of benzene rings is 1. The first-order valence-electron chi connectivity index (χ1n) is 8.38. The summed E-state index contributed by atoms with van der Waals surface area (Å²) in [5.74, 6) is 2.46. The molecule has 1 N–H and O–H groups in total. The molecule has 0 atom stereocenters. The van der Waals surface area contributed by atoms with Gasteiger partial charge in [0.05, 0.1) is 7.11 Å². The highest BCUT2D eigenvalue weighted by Gasteiger charge is 2.12. The van der Waals surface area contributed by atoms with Crippen LogP contribution in [0.15, 0.2) is 28.3 Å². The summed E-state index contributed by atoms with van der Waals surface area (Å²) in [6.45, 7) is 5.98. The lowest BCUT2D eigenvalue weighted by atomic mass is 10.2. The SMILES string of the molecule is COc1ccc(O)c(C=NCCCc2nnc(SC)n2CC(C)C)c1. The number of ether oxygens (including phenoxy) is 1. The van der Waals surface area contributed by atoms with E-state index < -0.39 is 0 Å². The third kappa shape index (κ3) is 5.49. The number of hydrogen-bond acceptors (Lipinski definition) is 6. The van der Waals surface area contributed by atoms with Crippen LogP contribution in [0.25, 0.3) is 0 Å². The second-order valence-electron chi connectivity index (χ2n) is 6.17. The summed E-state index contributed by atoms with van der Waals surface area (Å²) in [7, 11) is 1.60. The minimum Gasteiger partial charge on any atom is -0.507 e. The number of rotatable bonds is 9. The van der Waals surface area contributed by atoms with Gasteiger partial charge < -0.3 is 14.4 Å². The summed E-state index contributed by atoms with van der Waals surface area (Å²) in [5, 5.41) is 19.4. The largest absolute Gasteiger partial charge is 0.507 e. The molecular weight excluding hydrogens is 336 g/mol. The Morgan fingerprint density at radius 3 is 2.84 bits per heavy atom. The van der Waals surface area contributed by atoms with Gasteiger partial charge in [-0.1, -0.05) is 25.6 Å². The summed E-state index contributed by atoms with van der Waals surface area (Å²) >= 11 is 1.62. The van der Waals surface area contributed by atoms with E-state index in [0.717, 1.165) is 30.4 Å². The first kappa shape index (κ1) is 19.3. The molecule has 25 heavy (non-hydrogen) atoms. The number of phenolic OH excluding ortho intramolecular Hbond substituents is 1. The fourth-order valence-electron chi connectivity index (χ4n) is 2.46. The molecular formula is C18H26N4O2S. The lowest BCUT2D eigenvalue weighted by Gasteiger charge is -2.11. The van der Waals surface area contributed by atoms with Crippen molar-refractivity contribution in [3.63, 3.8) is 0 Å². The molecule has 1 aromatic carbocycles. The number of phenols is 1. The molecule has 0 bridgehead atoms. The Labute approximate surface area is 153 Å². The number of nitrogens with zero attached hydrogens (tertiary/aromatic N) is 4. The van der Waals surface area contributed by atoms with Crippen LogP contribution in [0.4, 0.5) is 0 Å². The molecule has 0 radical (unpaired) electrons. The van der Waals surface area contributed by atoms with Crippen molar-refractivity contribution in [3.05, 3.63) is 29.6 Å². The van der Waals surface area contributed by atoms with E-state index in [1.54, 1.807) is 43.3 Å². The number of aromatic nitrogens is 3. The van der Waals surface area contributed by atoms with E-state index in [0.29, 0.717) is 23.8 Å². The molecule has 2 aromatic rings. The molecule has 136 valence electrons. The fraction of sp³-hybridized carbons (Fsp3) is 0.500. The van der Waals surface area contributed by atoms with Gasteiger partial charge in [0.15, 0.2) is 5.16 Å². The van der Waals surface area contributed by atoms with Gasteiger partial charge in [0.1, 0.15) is 17.3 Å². The van der Waals surface area contributed by atoms with Crippen molar-refractivity contribution in [2.24, 2.45) is 10.9 Å². The maximum atomic E-state index is 9.84. The molecule has 0 amide bonds. The highest BCUT2D eigenvalue weighted by molar-refractivity contribution is 7.98. The molecule has 7 heteroatoms. The van der Waals surface area contributed by atoms with Crippen LogP contribution in [0.5, 0.6) is 11.5 Å². The first-order valence-corrected chi connectivity index (χ1v) is 9.60. The highest BCUT2D eigenvalue weighted by Crippen LogP contribution is 2.21. The predicted octanol–water partition coefficient (Wildman–Crippen LogP) is 3.42. The van der Waals surface area contributed by atoms with Gasteiger partial charge in [-0.25, -0.2) is 0 Å². The minimum absolute atomic E-state index is 0.200. The zero-order valence-corrected chi connectivity index (χ0v) is 16.1. The van der Waals surface area contributed by atoms with Gasteiger partial charge in [-0.3, -0.25) is 4.99 Å². The summed E-state index contributed by atoms with van der Waals surface area (Å²) in [6.07, 6.45) is 5.42. The highest BCUT2D eigenvalue weighted by atomic mass is 32.2. The quantitative estimate of drug-likeness (QED) is 0.420. The van der Waals surface area contributed by atoms with Crippen molar-refractivity contribution >= 4 is 18.0 Å². The fourth-order valence-corrected chi connectivity index (χ4v) is 2.98. The third-order valence-corrected chi connectivity index (χ3v) is 4.34. The Morgan fingerprint density at radius 1 is 1.36 bits per heavy atom. The number of hydrogen-bond donors (Lipinski definition) is 1. The van der Waals surface area contributed by atoms with Gasteiger partial charge >= 0.3 is 0 Å². The first-order chi connectivity index (χ1) is 12.0. The average molecular weight is 362 g/mol. The third-order valence-electron chi connectivity index (χ3n) is 3.68. The second-order valence-corrected chi connectivity index (χ2v) is 6.94. The normalized spacial score (nSPS) is 11.6. The Balaban J connectivity index is 1.92. The van der Waals surface area contributed by atoms with Crippen molar-refractivity contribution in [3.8, 4) is 11.5 Å². The average Bonchev–Trinajstić information content (AvgIpc) is 2.97. The van der Waals surface area contributed by atoms with Crippen LogP contribution in [0.3, 0.4) is 0 Å².